The van der Waals surface area contributed by atoms with E-state index in [0.29, 0.717) is 0 Å². The minimum atomic E-state index is -0.355. The summed E-state index contributed by atoms with van der Waals surface area (Å²) in [7, 11) is 0. The zero-order valence-corrected chi connectivity index (χ0v) is 13.2. The van der Waals surface area contributed by atoms with Crippen molar-refractivity contribution in [3.8, 4) is 11.5 Å². The van der Waals surface area contributed by atoms with E-state index in [-0.39, 0.29) is 23.0 Å². The molecule has 0 atom stereocenters. The Hall–Kier alpha value is -3.27. The molecule has 2 rings (SSSR count). The predicted octanol–water partition coefficient (Wildman–Crippen LogP) is 4.14. The maximum atomic E-state index is 11.8. The van der Waals surface area contributed by atoms with Crippen LogP contribution in [0.1, 0.15) is 16.7 Å². The molecule has 4 heteroatoms. The Morgan fingerprint density at radius 3 is 2.21 bits per heavy atom. The van der Waals surface area contributed by atoms with Gasteiger partial charge in [0.25, 0.3) is 0 Å². The number of phenolic OH excluding ortho intramolecular Hbond substituents is 2. The first kappa shape index (κ1) is 17.1. The summed E-state index contributed by atoms with van der Waals surface area (Å²) in [6, 6.07) is 11.5. The lowest BCUT2D eigenvalue weighted by Gasteiger charge is -1.99. The number of carbonyl (C=O) groups excluding carboxylic acids is 1. The Kier molecular flexibility index (Phi) is 5.58. The first-order valence-corrected chi connectivity index (χ1v) is 7.33. The van der Waals surface area contributed by atoms with Crippen LogP contribution in [0.4, 0.5) is 0 Å². The molecule has 2 aromatic carbocycles. The normalized spacial score (nSPS) is 12.1. The number of rotatable bonds is 5. The zero-order valence-electron chi connectivity index (χ0n) is 13.2. The average molecular weight is 322 g/mol. The molecule has 0 aliphatic rings. The average Bonchev–Trinajstić information content (AvgIpc) is 2.55. The van der Waals surface area contributed by atoms with Crippen molar-refractivity contribution in [2.75, 3.05) is 0 Å². The number of aromatic hydroxyl groups is 2. The molecule has 0 bridgehead atoms. The van der Waals surface area contributed by atoms with Gasteiger partial charge in [0.05, 0.1) is 0 Å². The Morgan fingerprint density at radius 2 is 1.54 bits per heavy atom. The summed E-state index contributed by atoms with van der Waals surface area (Å²) in [6.45, 7) is 1.78. The van der Waals surface area contributed by atoms with Crippen LogP contribution in [-0.4, -0.2) is 21.1 Å². The lowest BCUT2D eigenvalue weighted by atomic mass is 10.1. The molecule has 0 unspecified atom stereocenters. The maximum Gasteiger partial charge on any atom is 0.182 e. The summed E-state index contributed by atoms with van der Waals surface area (Å²) in [6.07, 6.45) is 7.10. The highest BCUT2D eigenvalue weighted by Gasteiger charge is 1.97. The molecule has 0 radical (unpaired) electrons. The number of allylic oxidation sites excluding steroid dienone is 3. The summed E-state index contributed by atoms with van der Waals surface area (Å²) < 4.78 is 0. The van der Waals surface area contributed by atoms with E-state index in [1.54, 1.807) is 49.4 Å². The zero-order chi connectivity index (χ0) is 17.5. The summed E-state index contributed by atoms with van der Waals surface area (Å²) in [5.41, 5.74) is 2.30. The Balaban J connectivity index is 2.01. The van der Waals surface area contributed by atoms with Gasteiger partial charge in [0.15, 0.2) is 5.78 Å². The van der Waals surface area contributed by atoms with E-state index in [1.165, 1.54) is 24.3 Å². The van der Waals surface area contributed by atoms with Gasteiger partial charge in [-0.25, -0.2) is 0 Å². The Morgan fingerprint density at radius 1 is 0.917 bits per heavy atom. The molecule has 4 nitrogen and oxygen atoms in total. The molecule has 0 heterocycles. The molecule has 0 aliphatic carbocycles. The second-order valence-corrected chi connectivity index (χ2v) is 5.28. The van der Waals surface area contributed by atoms with Gasteiger partial charge in [-0.3, -0.25) is 4.79 Å². The number of phenols is 2. The smallest absolute Gasteiger partial charge is 0.182 e. The lowest BCUT2D eigenvalue weighted by molar-refractivity contribution is -0.110. The van der Waals surface area contributed by atoms with Crippen LogP contribution in [0.25, 0.3) is 12.2 Å². The highest BCUT2D eigenvalue weighted by atomic mass is 16.3. The molecule has 0 spiro atoms. The monoisotopic (exact) mass is 322 g/mol. The third kappa shape index (κ3) is 5.18. The number of carbonyl (C=O) groups is 1. The van der Waals surface area contributed by atoms with Gasteiger partial charge in [0, 0.05) is 6.08 Å². The fourth-order valence-electron chi connectivity index (χ4n) is 1.97. The van der Waals surface area contributed by atoms with Crippen LogP contribution in [-0.2, 0) is 4.79 Å². The lowest BCUT2D eigenvalue weighted by Crippen LogP contribution is -1.88. The van der Waals surface area contributed by atoms with Crippen LogP contribution >= 0.6 is 0 Å². The number of hydrogen-bond donors (Lipinski definition) is 3. The van der Waals surface area contributed by atoms with Crippen LogP contribution in [0.2, 0.25) is 0 Å². The number of aryl methyl sites for hydroxylation is 1. The Labute approximate surface area is 140 Å². The third-order valence-corrected chi connectivity index (χ3v) is 3.29. The van der Waals surface area contributed by atoms with Crippen molar-refractivity contribution in [1.82, 2.24) is 0 Å². The molecule has 3 N–H and O–H groups in total. The topological polar surface area (TPSA) is 77.8 Å². The van der Waals surface area contributed by atoms with Crippen molar-refractivity contribution in [1.29, 1.82) is 0 Å². The van der Waals surface area contributed by atoms with E-state index in [2.05, 4.69) is 0 Å². The van der Waals surface area contributed by atoms with Crippen LogP contribution in [0, 0.1) is 6.92 Å². The molecule has 24 heavy (non-hydrogen) atoms. The van der Waals surface area contributed by atoms with Gasteiger partial charge in [0.1, 0.15) is 17.3 Å². The molecular weight excluding hydrogens is 304 g/mol. The number of aliphatic hydroxyl groups is 1. The van der Waals surface area contributed by atoms with Gasteiger partial charge in [-0.2, -0.15) is 0 Å². The molecule has 0 fully saturated rings. The maximum absolute atomic E-state index is 11.8. The van der Waals surface area contributed by atoms with E-state index in [9.17, 15) is 20.1 Å². The van der Waals surface area contributed by atoms with Crippen molar-refractivity contribution < 1.29 is 20.1 Å². The van der Waals surface area contributed by atoms with Gasteiger partial charge < -0.3 is 15.3 Å². The van der Waals surface area contributed by atoms with Crippen molar-refractivity contribution in [2.45, 2.75) is 6.92 Å². The van der Waals surface area contributed by atoms with Gasteiger partial charge in [0.2, 0.25) is 0 Å². The van der Waals surface area contributed by atoms with Crippen LogP contribution in [0.3, 0.4) is 0 Å². The highest BCUT2D eigenvalue weighted by Crippen LogP contribution is 2.18. The largest absolute Gasteiger partial charge is 0.508 e. The summed E-state index contributed by atoms with van der Waals surface area (Å²) >= 11 is 0. The number of aliphatic hydroxyl groups excluding tert-OH is 1. The van der Waals surface area contributed by atoms with Crippen LogP contribution in [0.15, 0.2) is 66.5 Å². The van der Waals surface area contributed by atoms with Crippen molar-refractivity contribution in [3.05, 3.63) is 83.1 Å². The second-order valence-electron chi connectivity index (χ2n) is 5.28. The van der Waals surface area contributed by atoms with E-state index in [0.717, 1.165) is 22.8 Å². The fourth-order valence-corrected chi connectivity index (χ4v) is 1.97. The van der Waals surface area contributed by atoms with Crippen LogP contribution in [0.5, 0.6) is 11.5 Å². The predicted molar refractivity (Wildman–Crippen MR) is 94.7 cm³/mol. The standard InChI is InChI=1S/C20H18O4/c1-14-12-16(6-11-20(14)24)5-10-19(23)13-18(22)9-4-15-2-7-17(21)8-3-15/h2-13,21,23-24H,1H3/b9-4+,10-5+,19-13-. The molecule has 0 aromatic heterocycles. The first-order chi connectivity index (χ1) is 11.4. The van der Waals surface area contributed by atoms with Crippen molar-refractivity contribution in [2.24, 2.45) is 0 Å². The molecule has 0 saturated heterocycles. The minimum absolute atomic E-state index is 0.158. The number of hydrogen-bond acceptors (Lipinski definition) is 4. The SMILES string of the molecule is Cc1cc(/C=C/C(O)=C/C(=O)/C=C/c2ccc(O)cc2)ccc1O. The van der Waals surface area contributed by atoms with Crippen molar-refractivity contribution >= 4 is 17.9 Å². The number of benzene rings is 2. The minimum Gasteiger partial charge on any atom is -0.508 e. The van der Waals surface area contributed by atoms with Gasteiger partial charge >= 0.3 is 0 Å². The first-order valence-electron chi connectivity index (χ1n) is 7.33. The quantitative estimate of drug-likeness (QED) is 0.439. The van der Waals surface area contributed by atoms with Crippen LogP contribution < -0.4 is 0 Å². The fraction of sp³-hybridized carbons (Fsp3) is 0.0500. The van der Waals surface area contributed by atoms with E-state index >= 15 is 0 Å². The number of ketones is 1. The molecule has 2 aromatic rings. The van der Waals surface area contributed by atoms with Gasteiger partial charge in [-0.05, 0) is 60.0 Å². The molecule has 122 valence electrons. The second kappa shape index (κ2) is 7.83. The third-order valence-electron chi connectivity index (χ3n) is 3.29. The molecular formula is C20H18O4. The van der Waals surface area contributed by atoms with Gasteiger partial charge in [-0.15, -0.1) is 0 Å². The summed E-state index contributed by atoms with van der Waals surface area (Å²) in [4.78, 5) is 11.8. The highest BCUT2D eigenvalue weighted by molar-refractivity contribution is 6.02. The molecule has 0 aliphatic heterocycles. The van der Waals surface area contributed by atoms with E-state index in [4.69, 9.17) is 0 Å². The molecule has 0 saturated carbocycles. The summed E-state index contributed by atoms with van der Waals surface area (Å²) in [5.74, 6) is -0.153. The van der Waals surface area contributed by atoms with E-state index in [1.807, 2.05) is 0 Å². The Bertz CT molecular complexity index is 812. The summed E-state index contributed by atoms with van der Waals surface area (Å²) in [5, 5.41) is 28.4. The van der Waals surface area contributed by atoms with E-state index < -0.39 is 0 Å². The van der Waals surface area contributed by atoms with Crippen molar-refractivity contribution in [3.63, 3.8) is 0 Å². The van der Waals surface area contributed by atoms with Gasteiger partial charge in [-0.1, -0.05) is 30.4 Å². The molecule has 0 amide bonds.